The highest BCUT2D eigenvalue weighted by Crippen LogP contribution is 1.98. The second-order valence-corrected chi connectivity index (χ2v) is 3.78. The summed E-state index contributed by atoms with van der Waals surface area (Å²) in [7, 11) is 0. The standard InChI is InChI=1S/C9H15N3O5/c1-5(13)7(8(15)16)11-9(17)12-3-2-10-6(14)4-12/h5,7,13H,2-4H2,1H3,(H,10,14)(H,11,17)(H,15,16)/t5-,7+/m1/s1. The van der Waals surface area contributed by atoms with Gasteiger partial charge in [0.1, 0.15) is 6.54 Å². The number of piperazine rings is 1. The first-order valence-electron chi connectivity index (χ1n) is 5.15. The first-order chi connectivity index (χ1) is 7.91. The van der Waals surface area contributed by atoms with Crippen LogP contribution < -0.4 is 10.6 Å². The quantitative estimate of drug-likeness (QED) is 0.457. The Morgan fingerprint density at radius 2 is 2.18 bits per heavy atom. The van der Waals surface area contributed by atoms with Gasteiger partial charge in [0.15, 0.2) is 6.04 Å². The molecule has 1 rings (SSSR count). The number of nitrogens with one attached hydrogen (secondary N) is 2. The van der Waals surface area contributed by atoms with Gasteiger partial charge in [-0.25, -0.2) is 9.59 Å². The number of carbonyl (C=O) groups excluding carboxylic acids is 2. The van der Waals surface area contributed by atoms with Crippen molar-refractivity contribution in [2.75, 3.05) is 19.6 Å². The molecule has 0 bridgehead atoms. The third-order valence-corrected chi connectivity index (χ3v) is 2.35. The van der Waals surface area contributed by atoms with Gasteiger partial charge >= 0.3 is 12.0 Å². The van der Waals surface area contributed by atoms with Crippen molar-refractivity contribution in [1.82, 2.24) is 15.5 Å². The molecule has 0 aliphatic carbocycles. The van der Waals surface area contributed by atoms with Crippen LogP contribution in [0.5, 0.6) is 0 Å². The predicted octanol–water partition coefficient (Wildman–Crippen LogP) is -2.04. The Morgan fingerprint density at radius 3 is 2.65 bits per heavy atom. The molecule has 17 heavy (non-hydrogen) atoms. The number of carbonyl (C=O) groups is 3. The van der Waals surface area contributed by atoms with Crippen molar-refractivity contribution < 1.29 is 24.6 Å². The van der Waals surface area contributed by atoms with E-state index in [0.717, 1.165) is 0 Å². The van der Waals surface area contributed by atoms with E-state index in [1.807, 2.05) is 0 Å². The number of carboxylic acid groups (broad SMARTS) is 1. The van der Waals surface area contributed by atoms with Gasteiger partial charge in [-0.3, -0.25) is 4.79 Å². The zero-order valence-corrected chi connectivity index (χ0v) is 9.34. The lowest BCUT2D eigenvalue weighted by Crippen LogP contribution is -2.57. The van der Waals surface area contributed by atoms with Gasteiger partial charge in [-0.2, -0.15) is 0 Å². The molecule has 1 fully saturated rings. The summed E-state index contributed by atoms with van der Waals surface area (Å²) in [4.78, 5) is 34.6. The molecule has 8 nitrogen and oxygen atoms in total. The molecular weight excluding hydrogens is 230 g/mol. The van der Waals surface area contributed by atoms with Crippen molar-refractivity contribution in [3.8, 4) is 0 Å². The maximum atomic E-state index is 11.6. The minimum Gasteiger partial charge on any atom is -0.480 e. The molecule has 1 heterocycles. The van der Waals surface area contributed by atoms with Gasteiger partial charge < -0.3 is 25.7 Å². The van der Waals surface area contributed by atoms with Crippen molar-refractivity contribution >= 4 is 17.9 Å². The van der Waals surface area contributed by atoms with Crippen molar-refractivity contribution in [2.24, 2.45) is 0 Å². The van der Waals surface area contributed by atoms with Gasteiger partial charge in [-0.05, 0) is 6.92 Å². The molecule has 0 radical (unpaired) electrons. The number of aliphatic hydroxyl groups excluding tert-OH is 1. The topological polar surface area (TPSA) is 119 Å². The number of amides is 3. The Bertz CT molecular complexity index is 331. The Kier molecular flexibility index (Phi) is 4.27. The normalized spacial score (nSPS) is 19.2. The van der Waals surface area contributed by atoms with E-state index in [-0.39, 0.29) is 12.5 Å². The van der Waals surface area contributed by atoms with E-state index in [9.17, 15) is 19.5 Å². The van der Waals surface area contributed by atoms with E-state index in [2.05, 4.69) is 10.6 Å². The molecule has 0 aromatic heterocycles. The Labute approximate surface area is 97.6 Å². The molecule has 4 N–H and O–H groups in total. The van der Waals surface area contributed by atoms with Crippen LogP contribution in [0.15, 0.2) is 0 Å². The lowest BCUT2D eigenvalue weighted by Gasteiger charge is -2.28. The molecule has 3 amide bonds. The highest BCUT2D eigenvalue weighted by atomic mass is 16.4. The van der Waals surface area contributed by atoms with Gasteiger partial charge in [0.2, 0.25) is 5.91 Å². The molecule has 0 aromatic rings. The van der Waals surface area contributed by atoms with Crippen LogP contribution in [-0.4, -0.2) is 64.8 Å². The van der Waals surface area contributed by atoms with Crippen LogP contribution >= 0.6 is 0 Å². The molecule has 2 atom stereocenters. The molecule has 0 saturated carbocycles. The summed E-state index contributed by atoms with van der Waals surface area (Å²) in [5.74, 6) is -1.62. The van der Waals surface area contributed by atoms with Gasteiger partial charge in [0.05, 0.1) is 6.10 Å². The SMILES string of the molecule is C[C@@H](O)[C@H](NC(=O)N1CCNC(=O)C1)C(=O)O. The van der Waals surface area contributed by atoms with Gasteiger partial charge in [0, 0.05) is 13.1 Å². The van der Waals surface area contributed by atoms with Crippen LogP contribution in [0.2, 0.25) is 0 Å². The number of rotatable bonds is 3. The highest BCUT2D eigenvalue weighted by molar-refractivity contribution is 5.87. The van der Waals surface area contributed by atoms with Crippen LogP contribution in [0.3, 0.4) is 0 Å². The average molecular weight is 245 g/mol. The van der Waals surface area contributed by atoms with Crippen LogP contribution in [0.4, 0.5) is 4.79 Å². The fourth-order valence-electron chi connectivity index (χ4n) is 1.42. The Hall–Kier alpha value is -1.83. The fourth-order valence-corrected chi connectivity index (χ4v) is 1.42. The maximum absolute atomic E-state index is 11.6. The van der Waals surface area contributed by atoms with Gasteiger partial charge in [0.25, 0.3) is 0 Å². The first-order valence-corrected chi connectivity index (χ1v) is 5.15. The van der Waals surface area contributed by atoms with Gasteiger partial charge in [-0.1, -0.05) is 0 Å². The number of hydrogen-bond donors (Lipinski definition) is 4. The summed E-state index contributed by atoms with van der Waals surface area (Å²) in [6.07, 6.45) is -1.21. The van der Waals surface area contributed by atoms with Crippen molar-refractivity contribution in [2.45, 2.75) is 19.1 Å². The minimum absolute atomic E-state index is 0.113. The third kappa shape index (κ3) is 3.59. The highest BCUT2D eigenvalue weighted by Gasteiger charge is 2.28. The molecule has 1 aliphatic rings. The van der Waals surface area contributed by atoms with Crippen LogP contribution in [0, 0.1) is 0 Å². The summed E-state index contributed by atoms with van der Waals surface area (Å²) in [6.45, 7) is 1.79. The smallest absolute Gasteiger partial charge is 0.328 e. The summed E-state index contributed by atoms with van der Waals surface area (Å²) >= 11 is 0. The largest absolute Gasteiger partial charge is 0.480 e. The van der Waals surface area contributed by atoms with E-state index in [1.54, 1.807) is 0 Å². The molecule has 0 unspecified atom stereocenters. The second kappa shape index (κ2) is 5.48. The second-order valence-electron chi connectivity index (χ2n) is 3.78. The van der Waals surface area contributed by atoms with E-state index < -0.39 is 24.1 Å². The number of carboxylic acids is 1. The third-order valence-electron chi connectivity index (χ3n) is 2.35. The van der Waals surface area contributed by atoms with E-state index in [4.69, 9.17) is 5.11 Å². The first kappa shape index (κ1) is 13.2. The number of nitrogens with zero attached hydrogens (tertiary/aromatic N) is 1. The Morgan fingerprint density at radius 1 is 1.53 bits per heavy atom. The van der Waals surface area contributed by atoms with Crippen molar-refractivity contribution in [1.29, 1.82) is 0 Å². The summed E-state index contributed by atoms with van der Waals surface area (Å²) in [5, 5.41) is 22.7. The molecule has 0 spiro atoms. The average Bonchev–Trinajstić information content (AvgIpc) is 2.24. The molecule has 1 saturated heterocycles. The van der Waals surface area contributed by atoms with E-state index in [0.29, 0.717) is 13.1 Å². The zero-order valence-electron chi connectivity index (χ0n) is 9.34. The van der Waals surface area contributed by atoms with E-state index >= 15 is 0 Å². The molecule has 96 valence electrons. The van der Waals surface area contributed by atoms with Crippen LogP contribution in [0.1, 0.15) is 6.92 Å². The summed E-state index contributed by atoms with van der Waals surface area (Å²) in [6, 6.07) is -2.05. The lowest BCUT2D eigenvalue weighted by molar-refractivity contribution is -0.141. The molecule has 1 aliphatic heterocycles. The molecule has 8 heteroatoms. The molecule has 0 aromatic carbocycles. The van der Waals surface area contributed by atoms with Gasteiger partial charge in [-0.15, -0.1) is 0 Å². The number of urea groups is 1. The maximum Gasteiger partial charge on any atom is 0.328 e. The fraction of sp³-hybridized carbons (Fsp3) is 0.667. The van der Waals surface area contributed by atoms with Crippen LogP contribution in [-0.2, 0) is 9.59 Å². The zero-order chi connectivity index (χ0) is 13.0. The minimum atomic E-state index is -1.38. The predicted molar refractivity (Wildman–Crippen MR) is 56.2 cm³/mol. The lowest BCUT2D eigenvalue weighted by atomic mass is 10.2. The number of aliphatic carboxylic acids is 1. The molecular formula is C9H15N3O5. The summed E-state index contributed by atoms with van der Waals surface area (Å²) in [5.41, 5.74) is 0. The number of aliphatic hydroxyl groups is 1. The Balaban J connectivity index is 2.57. The summed E-state index contributed by atoms with van der Waals surface area (Å²) < 4.78 is 0. The van der Waals surface area contributed by atoms with Crippen molar-refractivity contribution in [3.63, 3.8) is 0 Å². The van der Waals surface area contributed by atoms with Crippen molar-refractivity contribution in [3.05, 3.63) is 0 Å². The van der Waals surface area contributed by atoms with Crippen LogP contribution in [0.25, 0.3) is 0 Å². The van der Waals surface area contributed by atoms with E-state index in [1.165, 1.54) is 11.8 Å². The monoisotopic (exact) mass is 245 g/mol. The number of hydrogen-bond acceptors (Lipinski definition) is 4.